The van der Waals surface area contributed by atoms with E-state index in [1.807, 2.05) is 34.6 Å². The molecule has 0 aliphatic carbocycles. The summed E-state index contributed by atoms with van der Waals surface area (Å²) in [6, 6.07) is 4.04. The minimum Gasteiger partial charge on any atom is -0.477 e. The fourth-order valence-electron chi connectivity index (χ4n) is 3.26. The third-order valence-electron chi connectivity index (χ3n) is 5.62. The van der Waals surface area contributed by atoms with Crippen LogP contribution in [0, 0.1) is 11.8 Å². The van der Waals surface area contributed by atoms with Gasteiger partial charge in [0.15, 0.2) is 11.5 Å². The standard InChI is InChI=1S/C27H41NO9/c1-8-19(6)28-27(25(31)32,37-26(33)34-7)16-20-11-12-21(35-23(29)13-9-17(2)3)22(15-20)36-24(30)14-10-18(4)5/h11-12,15,17-19,28H,8-10,13-14,16H2,1-7H3,(H,31,32)/t19?,27-/m0/s1. The van der Waals surface area contributed by atoms with Crippen molar-refractivity contribution < 1.29 is 43.2 Å². The van der Waals surface area contributed by atoms with Gasteiger partial charge in [0, 0.05) is 25.3 Å². The van der Waals surface area contributed by atoms with Gasteiger partial charge in [0.05, 0.1) is 7.11 Å². The van der Waals surface area contributed by atoms with Crippen LogP contribution in [0.4, 0.5) is 4.79 Å². The van der Waals surface area contributed by atoms with E-state index in [4.69, 9.17) is 14.2 Å². The summed E-state index contributed by atoms with van der Waals surface area (Å²) in [4.78, 5) is 49.1. The van der Waals surface area contributed by atoms with Crippen LogP contribution < -0.4 is 14.8 Å². The number of hydrogen-bond donors (Lipinski definition) is 2. The first-order valence-corrected chi connectivity index (χ1v) is 12.6. The molecule has 1 aromatic carbocycles. The van der Waals surface area contributed by atoms with E-state index in [9.17, 15) is 24.3 Å². The molecule has 1 aromatic rings. The summed E-state index contributed by atoms with van der Waals surface area (Å²) in [7, 11) is 1.08. The maximum absolute atomic E-state index is 12.5. The van der Waals surface area contributed by atoms with Crippen molar-refractivity contribution in [3.63, 3.8) is 0 Å². The molecule has 0 spiro atoms. The fourth-order valence-corrected chi connectivity index (χ4v) is 3.26. The van der Waals surface area contributed by atoms with Gasteiger partial charge in [-0.05, 0) is 55.7 Å². The van der Waals surface area contributed by atoms with Crippen molar-refractivity contribution in [3.8, 4) is 11.5 Å². The number of rotatable bonds is 15. The van der Waals surface area contributed by atoms with Gasteiger partial charge in [-0.25, -0.2) is 9.59 Å². The molecule has 10 heteroatoms. The predicted octanol–water partition coefficient (Wildman–Crippen LogP) is 4.86. The quantitative estimate of drug-likeness (QED) is 0.186. The highest BCUT2D eigenvalue weighted by Crippen LogP contribution is 2.32. The van der Waals surface area contributed by atoms with Crippen molar-refractivity contribution in [1.29, 1.82) is 0 Å². The molecule has 0 radical (unpaired) electrons. The lowest BCUT2D eigenvalue weighted by Crippen LogP contribution is -2.59. The fraction of sp³-hybridized carbons (Fsp3) is 0.630. The summed E-state index contributed by atoms with van der Waals surface area (Å²) < 4.78 is 20.7. The monoisotopic (exact) mass is 523 g/mol. The average molecular weight is 524 g/mol. The van der Waals surface area contributed by atoms with Gasteiger partial charge in [-0.15, -0.1) is 0 Å². The Hall–Kier alpha value is -3.14. The molecule has 1 unspecified atom stereocenters. The molecule has 10 nitrogen and oxygen atoms in total. The van der Waals surface area contributed by atoms with Gasteiger partial charge in [-0.1, -0.05) is 40.7 Å². The van der Waals surface area contributed by atoms with Crippen LogP contribution in [-0.4, -0.2) is 48.0 Å². The van der Waals surface area contributed by atoms with E-state index < -0.39 is 29.8 Å². The van der Waals surface area contributed by atoms with Gasteiger partial charge in [0.2, 0.25) is 0 Å². The lowest BCUT2D eigenvalue weighted by molar-refractivity contribution is -0.166. The SMILES string of the molecule is CCC(C)N[C@@](Cc1ccc(OC(=O)CCC(C)C)c(OC(=O)CCC(C)C)c1)(OC(=O)OC)C(=O)O. The second-order valence-electron chi connectivity index (χ2n) is 9.91. The minimum atomic E-state index is -2.16. The zero-order valence-electron chi connectivity index (χ0n) is 22.9. The second-order valence-corrected chi connectivity index (χ2v) is 9.91. The molecule has 0 bridgehead atoms. The van der Waals surface area contributed by atoms with Gasteiger partial charge in [0.25, 0.3) is 5.72 Å². The summed E-state index contributed by atoms with van der Waals surface area (Å²) in [5, 5.41) is 12.9. The van der Waals surface area contributed by atoms with E-state index in [0.717, 1.165) is 7.11 Å². The molecular weight excluding hydrogens is 482 g/mol. The van der Waals surface area contributed by atoms with Crippen molar-refractivity contribution in [1.82, 2.24) is 5.32 Å². The van der Waals surface area contributed by atoms with Crippen LogP contribution >= 0.6 is 0 Å². The van der Waals surface area contributed by atoms with Gasteiger partial charge < -0.3 is 24.1 Å². The summed E-state index contributed by atoms with van der Waals surface area (Å²) in [6.45, 7) is 11.5. The first kappa shape index (κ1) is 31.9. The van der Waals surface area contributed by atoms with E-state index in [1.165, 1.54) is 18.2 Å². The van der Waals surface area contributed by atoms with Gasteiger partial charge in [0.1, 0.15) is 0 Å². The van der Waals surface area contributed by atoms with E-state index in [-0.39, 0.29) is 42.7 Å². The lowest BCUT2D eigenvalue weighted by Gasteiger charge is -2.32. The highest BCUT2D eigenvalue weighted by molar-refractivity contribution is 5.81. The van der Waals surface area contributed by atoms with E-state index in [1.54, 1.807) is 6.92 Å². The molecule has 208 valence electrons. The summed E-state index contributed by atoms with van der Waals surface area (Å²) >= 11 is 0. The normalized spacial score (nSPS) is 13.5. The molecule has 0 amide bonds. The zero-order valence-corrected chi connectivity index (χ0v) is 22.9. The number of ether oxygens (including phenoxy) is 4. The van der Waals surface area contributed by atoms with Crippen LogP contribution in [0.2, 0.25) is 0 Å². The van der Waals surface area contributed by atoms with Crippen molar-refractivity contribution in [2.75, 3.05) is 7.11 Å². The molecule has 0 saturated heterocycles. The lowest BCUT2D eigenvalue weighted by atomic mass is 10.00. The molecule has 0 heterocycles. The molecule has 0 aliphatic heterocycles. The van der Waals surface area contributed by atoms with Crippen LogP contribution in [-0.2, 0) is 30.3 Å². The smallest absolute Gasteiger partial charge is 0.477 e. The van der Waals surface area contributed by atoms with E-state index in [2.05, 4.69) is 10.1 Å². The molecule has 0 aliphatic rings. The predicted molar refractivity (Wildman–Crippen MR) is 136 cm³/mol. The van der Waals surface area contributed by atoms with Gasteiger partial charge in [-0.2, -0.15) is 0 Å². The Morgan fingerprint density at radius 2 is 1.46 bits per heavy atom. The second kappa shape index (κ2) is 15.2. The summed E-state index contributed by atoms with van der Waals surface area (Å²) in [5.74, 6) is -1.82. The molecule has 0 fully saturated rings. The molecule has 0 aromatic heterocycles. The number of carboxylic acid groups (broad SMARTS) is 1. The Balaban J connectivity index is 3.38. The van der Waals surface area contributed by atoms with Crippen molar-refractivity contribution in [3.05, 3.63) is 23.8 Å². The number of carbonyl (C=O) groups is 4. The number of nitrogens with one attached hydrogen (secondary N) is 1. The summed E-state index contributed by atoms with van der Waals surface area (Å²) in [5.41, 5.74) is -1.80. The minimum absolute atomic E-state index is 0.0231. The highest BCUT2D eigenvalue weighted by atomic mass is 16.7. The Labute approximate surface area is 219 Å². The largest absolute Gasteiger partial charge is 0.510 e. The maximum Gasteiger partial charge on any atom is 0.510 e. The molecule has 2 atom stereocenters. The van der Waals surface area contributed by atoms with E-state index in [0.29, 0.717) is 30.7 Å². The first-order chi connectivity index (χ1) is 17.3. The van der Waals surface area contributed by atoms with Crippen molar-refractivity contribution >= 4 is 24.1 Å². The Kier molecular flexibility index (Phi) is 13.1. The third kappa shape index (κ3) is 11.2. The Bertz CT molecular complexity index is 928. The van der Waals surface area contributed by atoms with Crippen LogP contribution in [0.1, 0.15) is 79.2 Å². The van der Waals surface area contributed by atoms with Crippen LogP contribution in [0.5, 0.6) is 11.5 Å². The molecule has 0 saturated carbocycles. The Morgan fingerprint density at radius 1 is 0.919 bits per heavy atom. The average Bonchev–Trinajstić information content (AvgIpc) is 2.82. The number of carbonyl (C=O) groups excluding carboxylic acids is 3. The molecule has 1 rings (SSSR count). The highest BCUT2D eigenvalue weighted by Gasteiger charge is 2.44. The zero-order chi connectivity index (χ0) is 28.2. The van der Waals surface area contributed by atoms with Crippen LogP contribution in [0.15, 0.2) is 18.2 Å². The molecule has 37 heavy (non-hydrogen) atoms. The number of carboxylic acids is 1. The summed E-state index contributed by atoms with van der Waals surface area (Å²) in [6.07, 6.45) is 0.651. The number of hydrogen-bond acceptors (Lipinski definition) is 9. The van der Waals surface area contributed by atoms with Crippen molar-refractivity contribution in [2.45, 2.75) is 91.8 Å². The number of methoxy groups -OCH3 is 1. The molecule has 2 N–H and O–H groups in total. The van der Waals surface area contributed by atoms with Gasteiger partial charge in [-0.3, -0.25) is 14.9 Å². The van der Waals surface area contributed by atoms with Crippen LogP contribution in [0.25, 0.3) is 0 Å². The first-order valence-electron chi connectivity index (χ1n) is 12.6. The molecular formula is C27H41NO9. The van der Waals surface area contributed by atoms with Gasteiger partial charge >= 0.3 is 24.1 Å². The number of benzene rings is 1. The van der Waals surface area contributed by atoms with E-state index >= 15 is 0 Å². The number of aliphatic carboxylic acids is 1. The topological polar surface area (TPSA) is 137 Å². The Morgan fingerprint density at radius 3 is 1.92 bits per heavy atom. The van der Waals surface area contributed by atoms with Crippen LogP contribution in [0.3, 0.4) is 0 Å². The maximum atomic E-state index is 12.5. The number of esters is 2. The third-order valence-corrected chi connectivity index (χ3v) is 5.62. The van der Waals surface area contributed by atoms with Crippen molar-refractivity contribution in [2.24, 2.45) is 11.8 Å².